The molecule has 2 amide bonds. The maximum atomic E-state index is 13.3. The number of non-ortho nitro benzene ring substituents is 1. The molecule has 1 heterocycles. The Balaban J connectivity index is 1.65. The molecule has 0 unspecified atom stereocenters. The quantitative estimate of drug-likeness (QED) is 0.285. The molecule has 4 aromatic rings. The molecule has 2 N–H and O–H groups in total. The number of thiazole rings is 1. The Hall–Kier alpha value is -4.11. The summed E-state index contributed by atoms with van der Waals surface area (Å²) in [5.74, 6) is -0.544. The van der Waals surface area contributed by atoms with E-state index in [4.69, 9.17) is 0 Å². The molecule has 0 saturated carbocycles. The topological polar surface area (TPSA) is 114 Å². The monoisotopic (exact) mass is 474 g/mol. The first-order chi connectivity index (χ1) is 16.5. The van der Waals surface area contributed by atoms with Crippen LogP contribution in [0.3, 0.4) is 0 Å². The Kier molecular flexibility index (Phi) is 6.93. The van der Waals surface area contributed by atoms with Crippen molar-refractivity contribution in [2.75, 3.05) is 6.54 Å². The van der Waals surface area contributed by atoms with E-state index in [1.165, 1.54) is 23.5 Å². The van der Waals surface area contributed by atoms with Crippen LogP contribution in [0.2, 0.25) is 0 Å². The number of nitrogens with one attached hydrogen (secondary N) is 2. The molecule has 172 valence electrons. The summed E-state index contributed by atoms with van der Waals surface area (Å²) < 4.78 is 0. The molecular weight excluding hydrogens is 452 g/mol. The second-order valence-electron chi connectivity index (χ2n) is 7.61. The van der Waals surface area contributed by atoms with Gasteiger partial charge < -0.3 is 10.6 Å². The molecule has 0 bridgehead atoms. The maximum absolute atomic E-state index is 13.3. The van der Waals surface area contributed by atoms with Gasteiger partial charge in [0, 0.05) is 29.6 Å². The van der Waals surface area contributed by atoms with Crippen LogP contribution in [0.5, 0.6) is 0 Å². The van der Waals surface area contributed by atoms with Crippen LogP contribution >= 0.6 is 11.3 Å². The lowest BCUT2D eigenvalue weighted by Crippen LogP contribution is -2.30. The molecule has 4 rings (SSSR count). The van der Waals surface area contributed by atoms with Crippen LogP contribution in [0, 0.1) is 10.1 Å². The minimum absolute atomic E-state index is 0.00661. The minimum atomic E-state index is -0.527. The van der Waals surface area contributed by atoms with Crippen molar-refractivity contribution in [2.24, 2.45) is 0 Å². The molecule has 1 aromatic heterocycles. The number of nitro groups is 1. The smallest absolute Gasteiger partial charge is 0.270 e. The first-order valence-corrected chi connectivity index (χ1v) is 11.6. The van der Waals surface area contributed by atoms with Crippen molar-refractivity contribution in [3.63, 3.8) is 0 Å². The molecular formula is C25H22N4O4S. The highest BCUT2D eigenvalue weighted by atomic mass is 32.1. The Morgan fingerprint density at radius 1 is 1.03 bits per heavy atom. The average molecular weight is 475 g/mol. The number of nitrogens with zero attached hydrogens (tertiary/aromatic N) is 2. The third-order valence-electron chi connectivity index (χ3n) is 5.32. The third kappa shape index (κ3) is 5.10. The predicted molar refractivity (Wildman–Crippen MR) is 131 cm³/mol. The van der Waals surface area contributed by atoms with E-state index < -0.39 is 11.0 Å². The zero-order valence-corrected chi connectivity index (χ0v) is 19.2. The van der Waals surface area contributed by atoms with Crippen molar-refractivity contribution in [3.8, 4) is 0 Å². The van der Waals surface area contributed by atoms with Crippen LogP contribution in [-0.4, -0.2) is 28.3 Å². The van der Waals surface area contributed by atoms with Crippen LogP contribution < -0.4 is 10.6 Å². The van der Waals surface area contributed by atoms with Gasteiger partial charge >= 0.3 is 0 Å². The van der Waals surface area contributed by atoms with Crippen molar-refractivity contribution >= 4 is 39.6 Å². The SMILES string of the molecule is CCNC(=O)c1csc([C@H](Cc2ccc([N+](=O)[O-])cc2)NC(=O)c2cccc3ccccc23)n1. The van der Waals surface area contributed by atoms with Crippen LogP contribution in [0.25, 0.3) is 10.8 Å². The van der Waals surface area contributed by atoms with Crippen molar-refractivity contribution in [1.82, 2.24) is 15.6 Å². The summed E-state index contributed by atoms with van der Waals surface area (Å²) in [5, 5.41) is 20.8. The van der Waals surface area contributed by atoms with Gasteiger partial charge in [0.1, 0.15) is 10.7 Å². The van der Waals surface area contributed by atoms with Crippen molar-refractivity contribution in [2.45, 2.75) is 19.4 Å². The van der Waals surface area contributed by atoms with Gasteiger partial charge in [-0.3, -0.25) is 19.7 Å². The number of hydrogen-bond donors (Lipinski definition) is 2. The van der Waals surface area contributed by atoms with E-state index in [-0.39, 0.29) is 23.2 Å². The Morgan fingerprint density at radius 2 is 1.76 bits per heavy atom. The lowest BCUT2D eigenvalue weighted by atomic mass is 10.0. The molecule has 8 nitrogen and oxygen atoms in total. The summed E-state index contributed by atoms with van der Waals surface area (Å²) in [7, 11) is 0. The first kappa shape index (κ1) is 23.1. The number of carbonyl (C=O) groups excluding carboxylic acids is 2. The summed E-state index contributed by atoms with van der Waals surface area (Å²) in [6.07, 6.45) is 0.358. The number of fused-ring (bicyclic) bond motifs is 1. The van der Waals surface area contributed by atoms with E-state index in [0.717, 1.165) is 16.3 Å². The molecule has 0 radical (unpaired) electrons. The molecule has 0 fully saturated rings. The Morgan fingerprint density at radius 3 is 2.50 bits per heavy atom. The normalized spacial score (nSPS) is 11.7. The van der Waals surface area contributed by atoms with Crippen molar-refractivity contribution in [1.29, 1.82) is 0 Å². The van der Waals surface area contributed by atoms with E-state index in [2.05, 4.69) is 15.6 Å². The van der Waals surface area contributed by atoms with Gasteiger partial charge in [-0.2, -0.15) is 0 Å². The molecule has 3 aromatic carbocycles. The van der Waals surface area contributed by atoms with Crippen LogP contribution in [0.1, 0.15) is 44.4 Å². The van der Waals surface area contributed by atoms with E-state index >= 15 is 0 Å². The van der Waals surface area contributed by atoms with Crippen LogP contribution in [-0.2, 0) is 6.42 Å². The van der Waals surface area contributed by atoms with E-state index in [9.17, 15) is 19.7 Å². The molecule has 0 saturated heterocycles. The summed E-state index contributed by atoms with van der Waals surface area (Å²) in [6.45, 7) is 2.31. The zero-order chi connectivity index (χ0) is 24.1. The lowest BCUT2D eigenvalue weighted by molar-refractivity contribution is -0.384. The molecule has 0 aliphatic rings. The fraction of sp³-hybridized carbons (Fsp3) is 0.160. The number of hydrogen-bond acceptors (Lipinski definition) is 6. The third-order valence-corrected chi connectivity index (χ3v) is 6.27. The molecule has 0 spiro atoms. The average Bonchev–Trinajstić information content (AvgIpc) is 3.34. The second kappa shape index (κ2) is 10.2. The number of aromatic nitrogens is 1. The summed E-state index contributed by atoms with van der Waals surface area (Å²) in [4.78, 5) is 40.5. The number of rotatable bonds is 8. The number of amides is 2. The number of benzene rings is 3. The zero-order valence-electron chi connectivity index (χ0n) is 18.4. The molecule has 34 heavy (non-hydrogen) atoms. The minimum Gasteiger partial charge on any atom is -0.351 e. The van der Waals surface area contributed by atoms with Gasteiger partial charge in [-0.05, 0) is 35.7 Å². The van der Waals surface area contributed by atoms with Gasteiger partial charge in [-0.15, -0.1) is 11.3 Å². The summed E-state index contributed by atoms with van der Waals surface area (Å²) in [6, 6.07) is 18.8. The van der Waals surface area contributed by atoms with Crippen LogP contribution in [0.15, 0.2) is 72.1 Å². The van der Waals surface area contributed by atoms with Gasteiger partial charge in [-0.25, -0.2) is 4.98 Å². The molecule has 1 atom stereocenters. The largest absolute Gasteiger partial charge is 0.351 e. The van der Waals surface area contributed by atoms with E-state index in [0.29, 0.717) is 23.5 Å². The van der Waals surface area contributed by atoms with Gasteiger partial charge in [0.25, 0.3) is 17.5 Å². The molecule has 0 aliphatic carbocycles. The van der Waals surface area contributed by atoms with Gasteiger partial charge in [-0.1, -0.05) is 48.5 Å². The highest BCUT2D eigenvalue weighted by molar-refractivity contribution is 7.09. The van der Waals surface area contributed by atoms with E-state index in [1.54, 1.807) is 23.6 Å². The lowest BCUT2D eigenvalue weighted by Gasteiger charge is -2.18. The summed E-state index contributed by atoms with van der Waals surface area (Å²) in [5.41, 5.74) is 1.61. The van der Waals surface area contributed by atoms with Crippen molar-refractivity contribution < 1.29 is 14.5 Å². The molecule has 0 aliphatic heterocycles. The van der Waals surface area contributed by atoms with Crippen molar-refractivity contribution in [3.05, 3.63) is 104 Å². The number of nitro benzene ring substituents is 1. The van der Waals surface area contributed by atoms with Gasteiger partial charge in [0.15, 0.2) is 0 Å². The molecule has 9 heteroatoms. The second-order valence-corrected chi connectivity index (χ2v) is 8.50. The van der Waals surface area contributed by atoms with Gasteiger partial charge in [0.05, 0.1) is 11.0 Å². The van der Waals surface area contributed by atoms with Gasteiger partial charge in [0.2, 0.25) is 0 Å². The maximum Gasteiger partial charge on any atom is 0.270 e. The van der Waals surface area contributed by atoms with Crippen LogP contribution in [0.4, 0.5) is 5.69 Å². The standard InChI is InChI=1S/C25H22N4O4S/c1-2-26-24(31)22-15-34-25(28-22)21(14-16-10-12-18(13-11-16)29(32)33)27-23(30)20-9-5-7-17-6-3-4-8-19(17)20/h3-13,15,21H,2,14H2,1H3,(H,26,31)(H,27,30)/t21-/m0/s1. The Labute approximate surface area is 199 Å². The predicted octanol–water partition coefficient (Wildman–Crippen LogP) is 4.67. The van der Waals surface area contributed by atoms with E-state index in [1.807, 2.05) is 43.3 Å². The number of carbonyl (C=O) groups is 2. The fourth-order valence-electron chi connectivity index (χ4n) is 3.65. The highest BCUT2D eigenvalue weighted by Crippen LogP contribution is 2.25. The first-order valence-electron chi connectivity index (χ1n) is 10.7. The fourth-order valence-corrected chi connectivity index (χ4v) is 4.50. The summed E-state index contributed by atoms with van der Waals surface area (Å²) >= 11 is 1.29. The highest BCUT2D eigenvalue weighted by Gasteiger charge is 2.22. The Bertz CT molecular complexity index is 1350.